The van der Waals surface area contributed by atoms with Crippen LogP contribution < -0.4 is 9.75 Å². The van der Waals surface area contributed by atoms with Gasteiger partial charge in [0.2, 0.25) is 5.69 Å². The Balaban J connectivity index is 2.70. The summed E-state index contributed by atoms with van der Waals surface area (Å²) in [5.74, 6) is 0.562. The van der Waals surface area contributed by atoms with Crippen LogP contribution in [0.5, 0.6) is 0 Å². The Bertz CT molecular complexity index is 694. The van der Waals surface area contributed by atoms with Gasteiger partial charge in [-0.05, 0) is 42.1 Å². The third-order valence-corrected chi connectivity index (χ3v) is 6.64. The fourth-order valence-electron chi connectivity index (χ4n) is 3.13. The van der Waals surface area contributed by atoms with Gasteiger partial charge >= 0.3 is 0 Å². The average Bonchev–Trinajstić information content (AvgIpc) is 2.38. The molecule has 22 heavy (non-hydrogen) atoms. The van der Waals surface area contributed by atoms with E-state index < -0.39 is 8.07 Å². The highest BCUT2D eigenvalue weighted by molar-refractivity contribution is 6.89. The van der Waals surface area contributed by atoms with Crippen molar-refractivity contribution in [3.63, 3.8) is 0 Å². The van der Waals surface area contributed by atoms with Crippen molar-refractivity contribution >= 4 is 13.3 Å². The van der Waals surface area contributed by atoms with E-state index in [2.05, 4.69) is 89.4 Å². The van der Waals surface area contributed by atoms with E-state index in [4.69, 9.17) is 0 Å². The van der Waals surface area contributed by atoms with Gasteiger partial charge in [0.1, 0.15) is 7.05 Å². The van der Waals surface area contributed by atoms with E-state index in [0.29, 0.717) is 5.92 Å². The second-order valence-corrected chi connectivity index (χ2v) is 12.9. The van der Waals surface area contributed by atoms with Crippen molar-refractivity contribution in [1.82, 2.24) is 0 Å². The van der Waals surface area contributed by atoms with Gasteiger partial charge in [0.15, 0.2) is 6.20 Å². The molecule has 0 saturated heterocycles. The Hall–Kier alpha value is -1.41. The first-order valence-corrected chi connectivity index (χ1v) is 11.7. The third-order valence-electron chi connectivity index (χ3n) is 4.49. The van der Waals surface area contributed by atoms with Gasteiger partial charge in [0, 0.05) is 17.2 Å². The van der Waals surface area contributed by atoms with Crippen LogP contribution in [0.2, 0.25) is 19.6 Å². The average molecular weight is 313 g/mol. The number of hydrogen-bond acceptors (Lipinski definition) is 0. The van der Waals surface area contributed by atoms with Gasteiger partial charge < -0.3 is 0 Å². The van der Waals surface area contributed by atoms with Crippen LogP contribution in [-0.2, 0) is 7.05 Å². The van der Waals surface area contributed by atoms with Crippen molar-refractivity contribution in [1.29, 1.82) is 0 Å². The molecule has 1 aromatic carbocycles. The number of rotatable bonds is 3. The molecule has 0 bridgehead atoms. The highest BCUT2D eigenvalue weighted by atomic mass is 28.3. The Morgan fingerprint density at radius 2 is 1.59 bits per heavy atom. The van der Waals surface area contributed by atoms with Crippen LogP contribution in [0.15, 0.2) is 30.5 Å². The molecule has 0 unspecified atom stereocenters. The summed E-state index contributed by atoms with van der Waals surface area (Å²) in [7, 11) is 0.833. The highest BCUT2D eigenvalue weighted by Crippen LogP contribution is 2.25. The normalized spacial score (nSPS) is 12.0. The zero-order chi connectivity index (χ0) is 16.7. The molecule has 2 rings (SSSR count). The van der Waals surface area contributed by atoms with Gasteiger partial charge in [-0.2, -0.15) is 0 Å². The summed E-state index contributed by atoms with van der Waals surface area (Å²) in [5, 5.41) is 1.56. The van der Waals surface area contributed by atoms with Crippen LogP contribution in [0, 0.1) is 13.8 Å². The Morgan fingerprint density at radius 1 is 0.955 bits per heavy atom. The van der Waals surface area contributed by atoms with Gasteiger partial charge in [-0.15, -0.1) is 0 Å². The zero-order valence-electron chi connectivity index (χ0n) is 15.4. The lowest BCUT2D eigenvalue weighted by Crippen LogP contribution is -2.44. The minimum Gasteiger partial charge on any atom is -0.201 e. The first-order chi connectivity index (χ1) is 10.1. The summed E-state index contributed by atoms with van der Waals surface area (Å²) < 4.78 is 2.28. The van der Waals surface area contributed by atoms with Crippen molar-refractivity contribution in [3.05, 3.63) is 47.2 Å². The zero-order valence-corrected chi connectivity index (χ0v) is 16.4. The van der Waals surface area contributed by atoms with Gasteiger partial charge in [-0.3, -0.25) is 0 Å². The number of aryl methyl sites for hydroxylation is 3. The largest absolute Gasteiger partial charge is 0.212 e. The van der Waals surface area contributed by atoms with Crippen LogP contribution in [0.3, 0.4) is 0 Å². The molecular formula is C20H30NSi+. The molecule has 0 saturated carbocycles. The molecule has 0 amide bonds. The molecule has 1 aromatic heterocycles. The van der Waals surface area contributed by atoms with Crippen LogP contribution in [0.1, 0.15) is 36.5 Å². The number of benzene rings is 1. The van der Waals surface area contributed by atoms with E-state index in [-0.39, 0.29) is 0 Å². The lowest BCUT2D eigenvalue weighted by atomic mass is 9.96. The maximum Gasteiger partial charge on any atom is 0.212 e. The fourth-order valence-corrected chi connectivity index (χ4v) is 4.95. The number of hydrogen-bond donors (Lipinski definition) is 0. The number of nitrogens with zero attached hydrogens (tertiary/aromatic N) is 1. The Morgan fingerprint density at radius 3 is 2.14 bits per heavy atom. The third kappa shape index (κ3) is 3.32. The molecule has 2 heteroatoms. The van der Waals surface area contributed by atoms with E-state index in [0.717, 1.165) is 0 Å². The smallest absolute Gasteiger partial charge is 0.201 e. The topological polar surface area (TPSA) is 3.88 Å². The fraction of sp³-hybridized carbons (Fsp3) is 0.450. The monoisotopic (exact) mass is 312 g/mol. The van der Waals surface area contributed by atoms with Crippen LogP contribution in [0.25, 0.3) is 11.3 Å². The van der Waals surface area contributed by atoms with Crippen LogP contribution >= 0.6 is 0 Å². The lowest BCUT2D eigenvalue weighted by Gasteiger charge is -2.20. The van der Waals surface area contributed by atoms with Crippen molar-refractivity contribution < 1.29 is 4.57 Å². The first-order valence-electron chi connectivity index (χ1n) is 8.23. The van der Waals surface area contributed by atoms with E-state index >= 15 is 0 Å². The molecule has 118 valence electrons. The van der Waals surface area contributed by atoms with Crippen molar-refractivity contribution in [2.75, 3.05) is 0 Å². The molecule has 1 heterocycles. The standard InChI is InChI=1S/C20H30NSi/c1-14(2)17-10-9-15(3)18(11-17)19-12-20(22(6,7)8)16(4)13-21(19)5/h9-14H,1-8H3/q+1. The summed E-state index contributed by atoms with van der Waals surface area (Å²) in [6.07, 6.45) is 2.30. The summed E-state index contributed by atoms with van der Waals surface area (Å²) in [4.78, 5) is 0. The predicted octanol–water partition coefficient (Wildman–Crippen LogP) is 4.46. The number of aromatic nitrogens is 1. The Labute approximate surface area is 137 Å². The quantitative estimate of drug-likeness (QED) is 0.582. The maximum atomic E-state index is 2.44. The Kier molecular flexibility index (Phi) is 4.62. The van der Waals surface area contributed by atoms with Gasteiger partial charge in [0.05, 0.1) is 8.07 Å². The second-order valence-electron chi connectivity index (χ2n) is 7.85. The molecule has 1 nitrogen and oxygen atoms in total. The molecule has 0 radical (unpaired) electrons. The summed E-state index contributed by atoms with van der Waals surface area (Å²) in [6, 6.07) is 9.34. The van der Waals surface area contributed by atoms with Gasteiger partial charge in [-0.1, -0.05) is 45.6 Å². The first kappa shape index (κ1) is 16.9. The predicted molar refractivity (Wildman–Crippen MR) is 99.6 cm³/mol. The molecule has 2 aromatic rings. The summed E-state index contributed by atoms with van der Waals surface area (Å²) in [5.41, 5.74) is 6.89. The summed E-state index contributed by atoms with van der Waals surface area (Å²) >= 11 is 0. The van der Waals surface area contributed by atoms with E-state index in [1.807, 2.05) is 0 Å². The molecule has 0 aliphatic heterocycles. The maximum absolute atomic E-state index is 2.44. The van der Waals surface area contributed by atoms with Crippen LogP contribution in [-0.4, -0.2) is 8.07 Å². The van der Waals surface area contributed by atoms with Gasteiger partial charge in [-0.25, -0.2) is 4.57 Å². The van der Waals surface area contributed by atoms with Crippen molar-refractivity contribution in [2.24, 2.45) is 7.05 Å². The molecular weight excluding hydrogens is 282 g/mol. The highest BCUT2D eigenvalue weighted by Gasteiger charge is 2.24. The second kappa shape index (κ2) is 6.00. The molecule has 0 spiro atoms. The SMILES string of the molecule is Cc1ccc(C(C)C)cc1-c1cc([Si](C)(C)C)c(C)c[n+]1C. The van der Waals surface area contributed by atoms with Crippen LogP contribution in [0.4, 0.5) is 0 Å². The minimum atomic E-state index is -1.33. The van der Waals surface area contributed by atoms with E-state index in [9.17, 15) is 0 Å². The van der Waals surface area contributed by atoms with E-state index in [1.54, 1.807) is 5.19 Å². The molecule has 0 fully saturated rings. The molecule has 0 N–H and O–H groups in total. The van der Waals surface area contributed by atoms with Crippen molar-refractivity contribution in [2.45, 2.75) is 53.3 Å². The molecule has 0 atom stereocenters. The number of pyridine rings is 1. The minimum absolute atomic E-state index is 0.562. The van der Waals surface area contributed by atoms with Gasteiger partial charge in [0.25, 0.3) is 0 Å². The van der Waals surface area contributed by atoms with Crippen molar-refractivity contribution in [3.8, 4) is 11.3 Å². The molecule has 0 aliphatic rings. The molecule has 0 aliphatic carbocycles. The summed E-state index contributed by atoms with van der Waals surface area (Å²) in [6.45, 7) is 16.3. The van der Waals surface area contributed by atoms with E-state index in [1.165, 1.54) is 27.9 Å². The lowest BCUT2D eigenvalue weighted by molar-refractivity contribution is -0.660.